The zero-order chi connectivity index (χ0) is 8.97. The summed E-state index contributed by atoms with van der Waals surface area (Å²) in [6.45, 7) is 3.97. The molecule has 1 amide bonds. The maximum absolute atomic E-state index is 11.3. The number of likely N-dealkylation sites (N-methyl/N-ethyl adjacent to an activating group) is 1. The molecule has 1 fully saturated rings. The predicted octanol–water partition coefficient (Wildman–Crippen LogP) is 0.607. The zero-order valence-electron chi connectivity index (χ0n) is 7.97. The third-order valence-electron chi connectivity index (χ3n) is 2.51. The van der Waals surface area contributed by atoms with Crippen molar-refractivity contribution in [3.05, 3.63) is 0 Å². The van der Waals surface area contributed by atoms with Crippen LogP contribution in [-0.4, -0.2) is 37.0 Å². The molecular formula is C9H18N2O. The molecule has 0 unspecified atom stereocenters. The quantitative estimate of drug-likeness (QED) is 0.658. The van der Waals surface area contributed by atoms with Crippen molar-refractivity contribution in [3.63, 3.8) is 0 Å². The number of amides is 1. The van der Waals surface area contributed by atoms with Crippen LogP contribution < -0.4 is 5.32 Å². The summed E-state index contributed by atoms with van der Waals surface area (Å²) in [5.41, 5.74) is 0. The summed E-state index contributed by atoms with van der Waals surface area (Å²) in [4.78, 5) is 13.2. The molecule has 0 aliphatic carbocycles. The number of piperidine rings is 1. The van der Waals surface area contributed by atoms with Gasteiger partial charge in [0, 0.05) is 26.1 Å². The number of hydrogen-bond acceptors (Lipinski definition) is 2. The van der Waals surface area contributed by atoms with E-state index in [9.17, 15) is 4.79 Å². The molecule has 12 heavy (non-hydrogen) atoms. The molecule has 3 nitrogen and oxygen atoms in total. The van der Waals surface area contributed by atoms with Crippen LogP contribution in [0.3, 0.4) is 0 Å². The summed E-state index contributed by atoms with van der Waals surface area (Å²) in [7, 11) is 1.91. The smallest absolute Gasteiger partial charge is 0.222 e. The summed E-state index contributed by atoms with van der Waals surface area (Å²) >= 11 is 0. The average molecular weight is 170 g/mol. The lowest BCUT2D eigenvalue weighted by molar-refractivity contribution is -0.131. The van der Waals surface area contributed by atoms with Crippen molar-refractivity contribution in [1.82, 2.24) is 10.2 Å². The minimum Gasteiger partial charge on any atom is -0.342 e. The van der Waals surface area contributed by atoms with Crippen LogP contribution in [0.1, 0.15) is 26.2 Å². The Morgan fingerprint density at radius 2 is 2.42 bits per heavy atom. The lowest BCUT2D eigenvalue weighted by atomic mass is 10.1. The van der Waals surface area contributed by atoms with Crippen LogP contribution in [0.25, 0.3) is 0 Å². The van der Waals surface area contributed by atoms with Crippen molar-refractivity contribution in [2.24, 2.45) is 0 Å². The van der Waals surface area contributed by atoms with Crippen LogP contribution in [0.2, 0.25) is 0 Å². The Balaban J connectivity index is 2.39. The SMILES string of the molecule is CCC(=O)N(C)[C@H]1CCCNC1. The van der Waals surface area contributed by atoms with Crippen LogP contribution in [-0.2, 0) is 4.79 Å². The van der Waals surface area contributed by atoms with Gasteiger partial charge < -0.3 is 10.2 Å². The Bertz CT molecular complexity index is 153. The Labute approximate surface area is 74.1 Å². The number of rotatable bonds is 2. The third kappa shape index (κ3) is 2.21. The normalized spacial score (nSPS) is 23.7. The first-order chi connectivity index (χ1) is 5.75. The number of carbonyl (C=O) groups excluding carboxylic acids is 1. The summed E-state index contributed by atoms with van der Waals surface area (Å²) in [6, 6.07) is 0.422. The Kier molecular flexibility index (Phi) is 3.53. The minimum atomic E-state index is 0.253. The summed E-state index contributed by atoms with van der Waals surface area (Å²) in [6.07, 6.45) is 2.95. The lowest BCUT2D eigenvalue weighted by Crippen LogP contribution is -2.46. The maximum Gasteiger partial charge on any atom is 0.222 e. The molecule has 1 N–H and O–H groups in total. The molecule has 0 spiro atoms. The highest BCUT2D eigenvalue weighted by Crippen LogP contribution is 2.09. The van der Waals surface area contributed by atoms with Crippen LogP contribution in [0.15, 0.2) is 0 Å². The first-order valence-corrected chi connectivity index (χ1v) is 4.72. The van der Waals surface area contributed by atoms with E-state index in [4.69, 9.17) is 0 Å². The van der Waals surface area contributed by atoms with Crippen molar-refractivity contribution in [3.8, 4) is 0 Å². The fourth-order valence-corrected chi connectivity index (χ4v) is 1.62. The monoisotopic (exact) mass is 170 g/mol. The standard InChI is InChI=1S/C9H18N2O/c1-3-9(12)11(2)8-5-4-6-10-7-8/h8,10H,3-7H2,1-2H3/t8-/m0/s1. The summed E-state index contributed by atoms with van der Waals surface area (Å²) in [5.74, 6) is 0.253. The average Bonchev–Trinajstić information content (AvgIpc) is 2.17. The molecule has 1 saturated heterocycles. The van der Waals surface area contributed by atoms with Gasteiger partial charge in [0.2, 0.25) is 5.91 Å². The van der Waals surface area contributed by atoms with E-state index in [1.54, 1.807) is 0 Å². The number of nitrogens with one attached hydrogen (secondary N) is 1. The van der Waals surface area contributed by atoms with Gasteiger partial charge in [-0.2, -0.15) is 0 Å². The first-order valence-electron chi connectivity index (χ1n) is 4.72. The Hall–Kier alpha value is -0.570. The molecule has 70 valence electrons. The highest BCUT2D eigenvalue weighted by Gasteiger charge is 2.20. The molecular weight excluding hydrogens is 152 g/mol. The molecule has 1 atom stereocenters. The van der Waals surface area contributed by atoms with Gasteiger partial charge in [0.1, 0.15) is 0 Å². The molecule has 1 rings (SSSR count). The molecule has 0 aromatic carbocycles. The summed E-state index contributed by atoms with van der Waals surface area (Å²) < 4.78 is 0. The lowest BCUT2D eigenvalue weighted by Gasteiger charge is -2.31. The van der Waals surface area contributed by atoms with Gasteiger partial charge in [0.15, 0.2) is 0 Å². The van der Waals surface area contributed by atoms with Crippen molar-refractivity contribution < 1.29 is 4.79 Å². The van der Waals surface area contributed by atoms with Crippen molar-refractivity contribution >= 4 is 5.91 Å². The molecule has 0 aromatic heterocycles. The van der Waals surface area contributed by atoms with Gasteiger partial charge in [-0.1, -0.05) is 6.92 Å². The molecule has 1 heterocycles. The van der Waals surface area contributed by atoms with Crippen LogP contribution in [0, 0.1) is 0 Å². The fraction of sp³-hybridized carbons (Fsp3) is 0.889. The summed E-state index contributed by atoms with van der Waals surface area (Å²) in [5, 5.41) is 3.30. The first kappa shape index (κ1) is 9.52. The van der Waals surface area contributed by atoms with E-state index in [0.717, 1.165) is 19.5 Å². The van der Waals surface area contributed by atoms with E-state index in [-0.39, 0.29) is 5.91 Å². The molecule has 1 aliphatic heterocycles. The van der Waals surface area contributed by atoms with Gasteiger partial charge in [-0.05, 0) is 19.4 Å². The molecule has 0 saturated carbocycles. The van der Waals surface area contributed by atoms with Gasteiger partial charge in [-0.25, -0.2) is 0 Å². The third-order valence-corrected chi connectivity index (χ3v) is 2.51. The topological polar surface area (TPSA) is 32.3 Å². The van der Waals surface area contributed by atoms with E-state index in [2.05, 4.69) is 5.32 Å². The second-order valence-electron chi connectivity index (χ2n) is 3.36. The van der Waals surface area contributed by atoms with Crippen LogP contribution in [0.4, 0.5) is 0 Å². The maximum atomic E-state index is 11.3. The number of hydrogen-bond donors (Lipinski definition) is 1. The molecule has 0 bridgehead atoms. The Morgan fingerprint density at radius 1 is 1.67 bits per heavy atom. The molecule has 1 aliphatic rings. The van der Waals surface area contributed by atoms with Gasteiger partial charge in [-0.15, -0.1) is 0 Å². The van der Waals surface area contributed by atoms with Gasteiger partial charge in [0.05, 0.1) is 0 Å². The zero-order valence-corrected chi connectivity index (χ0v) is 7.97. The highest BCUT2D eigenvalue weighted by atomic mass is 16.2. The molecule has 0 aromatic rings. The van der Waals surface area contributed by atoms with Gasteiger partial charge >= 0.3 is 0 Å². The van der Waals surface area contributed by atoms with E-state index in [0.29, 0.717) is 12.5 Å². The largest absolute Gasteiger partial charge is 0.342 e. The van der Waals surface area contributed by atoms with Crippen molar-refractivity contribution in [2.45, 2.75) is 32.2 Å². The van der Waals surface area contributed by atoms with Crippen LogP contribution >= 0.6 is 0 Å². The van der Waals surface area contributed by atoms with E-state index < -0.39 is 0 Å². The van der Waals surface area contributed by atoms with Crippen molar-refractivity contribution in [2.75, 3.05) is 20.1 Å². The van der Waals surface area contributed by atoms with Crippen LogP contribution in [0.5, 0.6) is 0 Å². The Morgan fingerprint density at radius 3 is 2.92 bits per heavy atom. The second-order valence-corrected chi connectivity index (χ2v) is 3.36. The number of carbonyl (C=O) groups is 1. The second kappa shape index (κ2) is 4.45. The highest BCUT2D eigenvalue weighted by molar-refractivity contribution is 5.75. The van der Waals surface area contributed by atoms with E-state index in [1.807, 2.05) is 18.9 Å². The fourth-order valence-electron chi connectivity index (χ4n) is 1.62. The van der Waals surface area contributed by atoms with E-state index in [1.165, 1.54) is 6.42 Å². The predicted molar refractivity (Wildman–Crippen MR) is 49.0 cm³/mol. The number of nitrogens with zero attached hydrogens (tertiary/aromatic N) is 1. The van der Waals surface area contributed by atoms with Gasteiger partial charge in [0.25, 0.3) is 0 Å². The van der Waals surface area contributed by atoms with Gasteiger partial charge in [-0.3, -0.25) is 4.79 Å². The molecule has 0 radical (unpaired) electrons. The van der Waals surface area contributed by atoms with E-state index >= 15 is 0 Å². The molecule has 3 heteroatoms. The van der Waals surface area contributed by atoms with Crippen molar-refractivity contribution in [1.29, 1.82) is 0 Å². The minimum absolute atomic E-state index is 0.253.